The number of hydrogen-bond donors (Lipinski definition) is 1. The van der Waals surface area contributed by atoms with Crippen molar-refractivity contribution >= 4 is 17.7 Å². The van der Waals surface area contributed by atoms with Crippen LogP contribution in [0.4, 0.5) is 0 Å². The van der Waals surface area contributed by atoms with E-state index in [4.69, 9.17) is 4.52 Å². The first-order valence-corrected chi connectivity index (χ1v) is 8.42. The summed E-state index contributed by atoms with van der Waals surface area (Å²) in [6, 6.07) is 0. The summed E-state index contributed by atoms with van der Waals surface area (Å²) < 4.78 is 5.15. The zero-order valence-corrected chi connectivity index (χ0v) is 13.2. The maximum Gasteiger partial charge on any atom is 0.239 e. The fourth-order valence-corrected chi connectivity index (χ4v) is 3.80. The van der Waals surface area contributed by atoms with Crippen molar-refractivity contribution in [3.8, 4) is 11.6 Å². The molecule has 2 aromatic rings. The van der Waals surface area contributed by atoms with E-state index in [1.807, 2.05) is 16.7 Å². The van der Waals surface area contributed by atoms with Crippen molar-refractivity contribution in [3.05, 3.63) is 12.2 Å². The molecule has 1 saturated heterocycles. The maximum atomic E-state index is 12.3. The Bertz CT molecular complexity index is 614. The summed E-state index contributed by atoms with van der Waals surface area (Å²) in [4.78, 5) is 22.5. The molecular weight excluding hydrogens is 304 g/mol. The fourth-order valence-electron chi connectivity index (χ4n) is 2.42. The molecule has 9 heteroatoms. The van der Waals surface area contributed by atoms with Gasteiger partial charge in [-0.3, -0.25) is 9.89 Å². The largest absolute Gasteiger partial charge is 0.339 e. The van der Waals surface area contributed by atoms with E-state index in [1.54, 1.807) is 0 Å². The molecule has 1 amide bonds. The Balaban J connectivity index is 1.55. The van der Waals surface area contributed by atoms with Crippen LogP contribution in [0.1, 0.15) is 32.1 Å². The van der Waals surface area contributed by atoms with Gasteiger partial charge in [0.2, 0.25) is 17.6 Å². The van der Waals surface area contributed by atoms with Gasteiger partial charge in [0.1, 0.15) is 6.33 Å². The third kappa shape index (κ3) is 3.29. The lowest BCUT2D eigenvalue weighted by atomic mass is 10.2. The average Bonchev–Trinajstić information content (AvgIpc) is 3.25. The van der Waals surface area contributed by atoms with Crippen LogP contribution < -0.4 is 0 Å². The monoisotopic (exact) mass is 322 g/mol. The second-order valence-electron chi connectivity index (χ2n) is 5.05. The number of aromatic nitrogens is 5. The third-order valence-corrected chi connectivity index (χ3v) is 4.79. The van der Waals surface area contributed by atoms with Crippen LogP contribution in [0.2, 0.25) is 0 Å². The maximum absolute atomic E-state index is 12.3. The number of nitrogens with zero attached hydrogens (tertiary/aromatic N) is 5. The molecule has 1 aliphatic rings. The highest BCUT2D eigenvalue weighted by Gasteiger charge is 2.28. The van der Waals surface area contributed by atoms with Gasteiger partial charge in [0, 0.05) is 25.1 Å². The van der Waals surface area contributed by atoms with E-state index >= 15 is 0 Å². The van der Waals surface area contributed by atoms with Crippen molar-refractivity contribution in [1.29, 1.82) is 0 Å². The van der Waals surface area contributed by atoms with Gasteiger partial charge in [0.15, 0.2) is 5.82 Å². The first-order valence-electron chi connectivity index (χ1n) is 7.37. The predicted molar refractivity (Wildman–Crippen MR) is 80.9 cm³/mol. The summed E-state index contributed by atoms with van der Waals surface area (Å²) in [6.45, 7) is 2.98. The van der Waals surface area contributed by atoms with Gasteiger partial charge in [0.25, 0.3) is 0 Å². The summed E-state index contributed by atoms with van der Waals surface area (Å²) in [5.74, 6) is 2.44. The molecule has 2 aromatic heterocycles. The molecule has 0 radical (unpaired) electrons. The number of H-pyrrole nitrogens is 1. The molecule has 0 aliphatic carbocycles. The molecule has 118 valence electrons. The summed E-state index contributed by atoms with van der Waals surface area (Å²) in [5.41, 5.74) is 0. The first kappa shape index (κ1) is 15.0. The van der Waals surface area contributed by atoms with Crippen LogP contribution in [-0.2, 0) is 11.2 Å². The number of aromatic amines is 1. The Kier molecular flexibility index (Phi) is 4.71. The van der Waals surface area contributed by atoms with Crippen LogP contribution in [-0.4, -0.2) is 53.8 Å². The third-order valence-electron chi connectivity index (χ3n) is 3.49. The van der Waals surface area contributed by atoms with Crippen LogP contribution >= 0.6 is 11.8 Å². The van der Waals surface area contributed by atoms with E-state index in [9.17, 15) is 4.79 Å². The van der Waals surface area contributed by atoms with Gasteiger partial charge in [-0.1, -0.05) is 18.5 Å². The van der Waals surface area contributed by atoms with Crippen molar-refractivity contribution in [2.45, 2.75) is 38.0 Å². The molecule has 1 N–H and O–H groups in total. The van der Waals surface area contributed by atoms with Crippen LogP contribution in [0.25, 0.3) is 11.6 Å². The van der Waals surface area contributed by atoms with Crippen molar-refractivity contribution < 1.29 is 9.32 Å². The summed E-state index contributed by atoms with van der Waals surface area (Å²) >= 11 is 1.86. The molecule has 1 aliphatic heterocycles. The number of amides is 1. The first-order chi connectivity index (χ1) is 10.8. The van der Waals surface area contributed by atoms with Gasteiger partial charge in [-0.2, -0.15) is 10.1 Å². The van der Waals surface area contributed by atoms with Crippen LogP contribution in [0, 0.1) is 0 Å². The van der Waals surface area contributed by atoms with Crippen molar-refractivity contribution in [2.75, 3.05) is 12.3 Å². The molecule has 3 heterocycles. The Morgan fingerprint density at radius 3 is 3.27 bits per heavy atom. The lowest BCUT2D eigenvalue weighted by molar-refractivity contribution is -0.131. The number of rotatable bonds is 6. The highest BCUT2D eigenvalue weighted by Crippen LogP contribution is 2.28. The van der Waals surface area contributed by atoms with Crippen LogP contribution in [0.5, 0.6) is 0 Å². The number of carbonyl (C=O) groups excluding carboxylic acids is 1. The zero-order chi connectivity index (χ0) is 15.4. The number of carbonyl (C=O) groups is 1. The van der Waals surface area contributed by atoms with Gasteiger partial charge < -0.3 is 9.42 Å². The molecule has 3 rings (SSSR count). The molecule has 0 bridgehead atoms. The minimum absolute atomic E-state index is 0.155. The van der Waals surface area contributed by atoms with Crippen molar-refractivity contribution in [3.63, 3.8) is 0 Å². The molecule has 0 unspecified atom stereocenters. The van der Waals surface area contributed by atoms with E-state index in [-0.39, 0.29) is 5.91 Å². The van der Waals surface area contributed by atoms with E-state index in [0.717, 1.165) is 25.1 Å². The Morgan fingerprint density at radius 1 is 1.59 bits per heavy atom. The lowest BCUT2D eigenvalue weighted by Crippen LogP contribution is -2.34. The Hall–Kier alpha value is -1.90. The second-order valence-corrected chi connectivity index (χ2v) is 6.33. The Morgan fingerprint density at radius 2 is 2.50 bits per heavy atom. The molecule has 0 aromatic carbocycles. The van der Waals surface area contributed by atoms with Gasteiger partial charge in [0.05, 0.1) is 5.37 Å². The average molecular weight is 322 g/mol. The molecular formula is C13H18N6O2S. The van der Waals surface area contributed by atoms with Crippen molar-refractivity contribution in [2.24, 2.45) is 0 Å². The molecule has 22 heavy (non-hydrogen) atoms. The number of hydrogen-bond acceptors (Lipinski definition) is 7. The van der Waals surface area contributed by atoms with Crippen LogP contribution in [0.15, 0.2) is 10.9 Å². The predicted octanol–water partition coefficient (Wildman–Crippen LogP) is 1.49. The minimum Gasteiger partial charge on any atom is -0.339 e. The highest BCUT2D eigenvalue weighted by molar-refractivity contribution is 8.00. The van der Waals surface area contributed by atoms with E-state index in [0.29, 0.717) is 35.8 Å². The van der Waals surface area contributed by atoms with Gasteiger partial charge in [-0.05, 0) is 6.42 Å². The number of nitrogens with one attached hydrogen (secondary N) is 1. The number of aryl methyl sites for hydroxylation is 1. The zero-order valence-electron chi connectivity index (χ0n) is 12.4. The molecule has 0 saturated carbocycles. The topological polar surface area (TPSA) is 101 Å². The smallest absolute Gasteiger partial charge is 0.239 e. The van der Waals surface area contributed by atoms with Crippen molar-refractivity contribution in [1.82, 2.24) is 30.2 Å². The van der Waals surface area contributed by atoms with E-state index < -0.39 is 0 Å². The minimum atomic E-state index is 0.155. The van der Waals surface area contributed by atoms with Gasteiger partial charge in [-0.25, -0.2) is 4.98 Å². The van der Waals surface area contributed by atoms with Crippen LogP contribution in [0.3, 0.4) is 0 Å². The normalized spacial score (nSPS) is 18.0. The highest BCUT2D eigenvalue weighted by atomic mass is 32.2. The summed E-state index contributed by atoms with van der Waals surface area (Å²) in [5, 5.41) is 10.6. The Labute approximate surface area is 132 Å². The van der Waals surface area contributed by atoms with E-state index in [2.05, 4.69) is 32.2 Å². The van der Waals surface area contributed by atoms with Gasteiger partial charge >= 0.3 is 0 Å². The number of thioether (sulfide) groups is 1. The SMILES string of the molecule is CCC[C@@H]1SCCN1C(=O)CCc1nc(-c2ncn[nH]2)no1. The molecule has 1 atom stereocenters. The molecule has 8 nitrogen and oxygen atoms in total. The summed E-state index contributed by atoms with van der Waals surface area (Å²) in [7, 11) is 0. The summed E-state index contributed by atoms with van der Waals surface area (Å²) in [6.07, 6.45) is 4.35. The molecule has 0 spiro atoms. The quantitative estimate of drug-likeness (QED) is 0.859. The standard InChI is InChI=1S/C13H18N6O2S/c1-2-3-11-19(6-7-22-11)10(20)5-4-9-16-13(18-21-9)12-14-8-15-17-12/h8,11H,2-7H2,1H3,(H,14,15,17)/t11-/m0/s1. The van der Waals surface area contributed by atoms with E-state index in [1.165, 1.54) is 6.33 Å². The molecule has 1 fully saturated rings. The second kappa shape index (κ2) is 6.91. The fraction of sp³-hybridized carbons (Fsp3) is 0.615. The van der Waals surface area contributed by atoms with Gasteiger partial charge in [-0.15, -0.1) is 11.8 Å². The lowest BCUT2D eigenvalue weighted by Gasteiger charge is -2.23.